The maximum atomic E-state index is 5.18. The average Bonchev–Trinajstić information content (AvgIpc) is 2.68. The van der Waals surface area contributed by atoms with Crippen molar-refractivity contribution in [2.45, 2.75) is 44.8 Å². The van der Waals surface area contributed by atoms with Crippen molar-refractivity contribution in [3.05, 3.63) is 0 Å². The van der Waals surface area contributed by atoms with E-state index in [1.165, 1.54) is 19.3 Å². The van der Waals surface area contributed by atoms with Gasteiger partial charge in [-0.2, -0.15) is 0 Å². The van der Waals surface area contributed by atoms with E-state index in [2.05, 4.69) is 12.8 Å². The van der Waals surface area contributed by atoms with Gasteiger partial charge in [-0.05, 0) is 6.42 Å². The van der Waals surface area contributed by atoms with Crippen LogP contribution in [0.5, 0.6) is 0 Å². The molecule has 0 aromatic carbocycles. The number of unbranched alkanes of at least 4 members (excludes halogenated alkanes) is 2. The molecule has 1 heterocycles. The Bertz CT molecular complexity index is 134. The van der Waals surface area contributed by atoms with Crippen molar-refractivity contribution in [1.82, 2.24) is 0 Å². The molecule has 1 nitrogen and oxygen atoms in total. The molecule has 1 heteroatoms. The first kappa shape index (κ1) is 7.63. The zero-order valence-electron chi connectivity index (χ0n) is 6.47. The summed E-state index contributed by atoms with van der Waals surface area (Å²) in [4.78, 5) is 0. The molecule has 2 atom stereocenters. The van der Waals surface area contributed by atoms with Crippen molar-refractivity contribution >= 4 is 0 Å². The zero-order valence-corrected chi connectivity index (χ0v) is 6.47. The normalized spacial score (nSPS) is 29.6. The Hall–Kier alpha value is -0.480. The first-order chi connectivity index (χ1) is 4.88. The van der Waals surface area contributed by atoms with Gasteiger partial charge in [0.1, 0.15) is 6.10 Å². The lowest BCUT2D eigenvalue weighted by Gasteiger charge is -1.91. The van der Waals surface area contributed by atoms with E-state index in [-0.39, 0.29) is 6.10 Å². The van der Waals surface area contributed by atoms with Gasteiger partial charge in [0.25, 0.3) is 0 Å². The number of ether oxygens (including phenoxy) is 1. The summed E-state index contributed by atoms with van der Waals surface area (Å²) < 4.78 is 5.18. The van der Waals surface area contributed by atoms with Crippen molar-refractivity contribution in [3.8, 4) is 12.3 Å². The molecule has 0 aliphatic carbocycles. The fraction of sp³-hybridized carbons (Fsp3) is 0.778. The molecule has 56 valence electrons. The highest BCUT2D eigenvalue weighted by Gasteiger charge is 2.35. The highest BCUT2D eigenvalue weighted by molar-refractivity contribution is 5.07. The largest absolute Gasteiger partial charge is 0.356 e. The van der Waals surface area contributed by atoms with Crippen LogP contribution in [0.3, 0.4) is 0 Å². The van der Waals surface area contributed by atoms with Gasteiger partial charge in [0, 0.05) is 0 Å². The summed E-state index contributed by atoms with van der Waals surface area (Å²) in [5.41, 5.74) is 0. The molecule has 10 heavy (non-hydrogen) atoms. The minimum absolute atomic E-state index is 0.150. The Morgan fingerprint density at radius 1 is 1.50 bits per heavy atom. The van der Waals surface area contributed by atoms with Gasteiger partial charge in [-0.1, -0.05) is 32.1 Å². The first-order valence-corrected chi connectivity index (χ1v) is 4.00. The fourth-order valence-corrected chi connectivity index (χ4v) is 1.10. The maximum absolute atomic E-state index is 5.18. The number of hydrogen-bond donors (Lipinski definition) is 0. The van der Waals surface area contributed by atoms with Crippen LogP contribution in [0, 0.1) is 12.3 Å². The molecule has 0 spiro atoms. The van der Waals surface area contributed by atoms with Crippen LogP contribution in [0.1, 0.15) is 32.6 Å². The zero-order chi connectivity index (χ0) is 7.40. The van der Waals surface area contributed by atoms with E-state index in [1.807, 2.05) is 0 Å². The summed E-state index contributed by atoms with van der Waals surface area (Å²) in [6.07, 6.45) is 10.7. The van der Waals surface area contributed by atoms with Crippen LogP contribution in [0.4, 0.5) is 0 Å². The number of epoxide rings is 1. The molecule has 1 fully saturated rings. The van der Waals surface area contributed by atoms with Crippen molar-refractivity contribution in [1.29, 1.82) is 0 Å². The van der Waals surface area contributed by atoms with Gasteiger partial charge in [-0.3, -0.25) is 0 Å². The molecule has 0 bridgehead atoms. The second-order valence-electron chi connectivity index (χ2n) is 2.76. The van der Waals surface area contributed by atoms with Gasteiger partial charge < -0.3 is 4.74 Å². The Labute approximate surface area is 62.8 Å². The maximum Gasteiger partial charge on any atom is 0.144 e. The van der Waals surface area contributed by atoms with Crippen LogP contribution in [-0.2, 0) is 4.74 Å². The van der Waals surface area contributed by atoms with Crippen LogP contribution in [0.25, 0.3) is 0 Å². The summed E-state index contributed by atoms with van der Waals surface area (Å²) in [7, 11) is 0. The summed E-state index contributed by atoms with van der Waals surface area (Å²) >= 11 is 0. The fourth-order valence-electron chi connectivity index (χ4n) is 1.10. The monoisotopic (exact) mass is 138 g/mol. The number of terminal acetylenes is 1. The van der Waals surface area contributed by atoms with Crippen molar-refractivity contribution in [2.24, 2.45) is 0 Å². The predicted octanol–water partition coefficient (Wildman–Crippen LogP) is 1.97. The molecule has 0 aromatic heterocycles. The van der Waals surface area contributed by atoms with Gasteiger partial charge in [-0.25, -0.2) is 0 Å². The molecule has 0 radical (unpaired) electrons. The highest BCUT2D eigenvalue weighted by atomic mass is 16.6. The number of rotatable bonds is 4. The molecule has 0 saturated carbocycles. The van der Waals surface area contributed by atoms with Crippen molar-refractivity contribution in [3.63, 3.8) is 0 Å². The second-order valence-corrected chi connectivity index (χ2v) is 2.76. The van der Waals surface area contributed by atoms with Crippen molar-refractivity contribution < 1.29 is 4.74 Å². The van der Waals surface area contributed by atoms with Crippen LogP contribution in [0.2, 0.25) is 0 Å². The molecule has 1 rings (SSSR count). The molecule has 0 aromatic rings. The van der Waals surface area contributed by atoms with E-state index in [4.69, 9.17) is 11.2 Å². The molecule has 0 amide bonds. The van der Waals surface area contributed by atoms with E-state index in [0.717, 1.165) is 6.42 Å². The lowest BCUT2D eigenvalue weighted by molar-refractivity contribution is 0.376. The Kier molecular flexibility index (Phi) is 2.77. The van der Waals surface area contributed by atoms with Gasteiger partial charge in [-0.15, -0.1) is 6.42 Å². The van der Waals surface area contributed by atoms with Crippen LogP contribution in [0.15, 0.2) is 0 Å². The Balaban J connectivity index is 1.93. The lowest BCUT2D eigenvalue weighted by atomic mass is 10.1. The summed E-state index contributed by atoms with van der Waals surface area (Å²) in [5.74, 6) is 2.59. The van der Waals surface area contributed by atoms with Gasteiger partial charge in [0.2, 0.25) is 0 Å². The van der Waals surface area contributed by atoms with E-state index in [1.54, 1.807) is 0 Å². The minimum Gasteiger partial charge on any atom is -0.356 e. The van der Waals surface area contributed by atoms with Gasteiger partial charge >= 0.3 is 0 Å². The SMILES string of the molecule is C#CC1O[C@@H]1CCCCC. The summed E-state index contributed by atoms with van der Waals surface area (Å²) in [5, 5.41) is 0. The van der Waals surface area contributed by atoms with Crippen LogP contribution in [-0.4, -0.2) is 12.2 Å². The molecule has 1 unspecified atom stereocenters. The van der Waals surface area contributed by atoms with Gasteiger partial charge in [0.05, 0.1) is 6.10 Å². The molecular weight excluding hydrogens is 124 g/mol. The molecule has 0 N–H and O–H groups in total. The van der Waals surface area contributed by atoms with Crippen LogP contribution < -0.4 is 0 Å². The molecule has 1 saturated heterocycles. The Morgan fingerprint density at radius 3 is 2.80 bits per heavy atom. The quantitative estimate of drug-likeness (QED) is 0.329. The third kappa shape index (κ3) is 2.04. The summed E-state index contributed by atoms with van der Waals surface area (Å²) in [6.45, 7) is 2.20. The highest BCUT2D eigenvalue weighted by Crippen LogP contribution is 2.26. The standard InChI is InChI=1S/C9H14O/c1-3-5-6-7-9-8(4-2)10-9/h2,8-9H,3,5-7H2,1H3/t8?,9-/m1/s1. The topological polar surface area (TPSA) is 12.5 Å². The first-order valence-electron chi connectivity index (χ1n) is 4.00. The molecule has 1 aliphatic rings. The molecular formula is C9H14O. The average molecular weight is 138 g/mol. The summed E-state index contributed by atoms with van der Waals surface area (Å²) in [6, 6.07) is 0. The number of hydrogen-bond acceptors (Lipinski definition) is 1. The van der Waals surface area contributed by atoms with E-state index in [0.29, 0.717) is 6.10 Å². The third-order valence-electron chi connectivity index (χ3n) is 1.84. The van der Waals surface area contributed by atoms with Crippen LogP contribution >= 0.6 is 0 Å². The third-order valence-corrected chi connectivity index (χ3v) is 1.84. The van der Waals surface area contributed by atoms with E-state index >= 15 is 0 Å². The van der Waals surface area contributed by atoms with Crippen molar-refractivity contribution in [2.75, 3.05) is 0 Å². The second kappa shape index (κ2) is 3.63. The van der Waals surface area contributed by atoms with Gasteiger partial charge in [0.15, 0.2) is 0 Å². The molecule has 1 aliphatic heterocycles. The Morgan fingerprint density at radius 2 is 2.30 bits per heavy atom. The smallest absolute Gasteiger partial charge is 0.144 e. The predicted molar refractivity (Wildman–Crippen MR) is 41.6 cm³/mol. The lowest BCUT2D eigenvalue weighted by Crippen LogP contribution is -1.89. The minimum atomic E-state index is 0.150. The van der Waals surface area contributed by atoms with E-state index < -0.39 is 0 Å². The van der Waals surface area contributed by atoms with E-state index in [9.17, 15) is 0 Å².